The molecule has 0 atom stereocenters. The Morgan fingerprint density at radius 1 is 1.00 bits per heavy atom. The number of benzene rings is 3. The van der Waals surface area contributed by atoms with Gasteiger partial charge in [0, 0.05) is 5.69 Å². The van der Waals surface area contributed by atoms with Crippen LogP contribution in [0, 0.1) is 0 Å². The molecule has 2 aromatic heterocycles. The number of carbonyl (C=O) groups is 1. The Kier molecular flexibility index (Phi) is 6.01. The third-order valence-corrected chi connectivity index (χ3v) is 6.36. The predicted molar refractivity (Wildman–Crippen MR) is 130 cm³/mol. The summed E-state index contributed by atoms with van der Waals surface area (Å²) < 4.78 is 15.9. The van der Waals surface area contributed by atoms with Crippen LogP contribution in [0.25, 0.3) is 28.1 Å². The summed E-state index contributed by atoms with van der Waals surface area (Å²) in [5.41, 5.74) is 3.80. The summed E-state index contributed by atoms with van der Waals surface area (Å²) >= 11 is 2.43. The lowest BCUT2D eigenvalue weighted by Gasteiger charge is -2.12. The smallest absolute Gasteiger partial charge is 0.234 e. The van der Waals surface area contributed by atoms with Gasteiger partial charge in [0.15, 0.2) is 11.0 Å². The van der Waals surface area contributed by atoms with Crippen LogP contribution in [0.3, 0.4) is 0 Å². The van der Waals surface area contributed by atoms with Gasteiger partial charge in [-0.1, -0.05) is 48.2 Å². The highest BCUT2D eigenvalue weighted by atomic mass is 32.2. The molecule has 164 valence electrons. The van der Waals surface area contributed by atoms with Gasteiger partial charge in [-0.2, -0.15) is 8.75 Å². The van der Waals surface area contributed by atoms with Crippen LogP contribution >= 0.6 is 23.5 Å². The molecule has 33 heavy (non-hydrogen) atoms. The lowest BCUT2D eigenvalue weighted by Crippen LogP contribution is -2.15. The van der Waals surface area contributed by atoms with Gasteiger partial charge in [0.05, 0.1) is 35.8 Å². The minimum Gasteiger partial charge on any atom is -0.496 e. The number of thioether (sulfide) groups is 1. The van der Waals surface area contributed by atoms with E-state index in [0.29, 0.717) is 27.9 Å². The minimum atomic E-state index is -0.165. The van der Waals surface area contributed by atoms with Gasteiger partial charge in [-0.25, -0.2) is 0 Å². The number of para-hydroxylation sites is 2. The van der Waals surface area contributed by atoms with Gasteiger partial charge < -0.3 is 10.1 Å². The zero-order valence-corrected chi connectivity index (χ0v) is 19.1. The Morgan fingerprint density at radius 3 is 2.67 bits per heavy atom. The van der Waals surface area contributed by atoms with Crippen molar-refractivity contribution >= 4 is 46.1 Å². The topological polar surface area (TPSA) is 94.8 Å². The molecular formula is C23H18N6O2S2. The van der Waals surface area contributed by atoms with Gasteiger partial charge >= 0.3 is 0 Å². The van der Waals surface area contributed by atoms with Crippen LogP contribution < -0.4 is 10.1 Å². The van der Waals surface area contributed by atoms with Crippen molar-refractivity contribution in [3.63, 3.8) is 0 Å². The lowest BCUT2D eigenvalue weighted by atomic mass is 10.2. The van der Waals surface area contributed by atoms with Gasteiger partial charge in [0.25, 0.3) is 0 Å². The normalized spacial score (nSPS) is 10.9. The Morgan fingerprint density at radius 2 is 1.82 bits per heavy atom. The highest BCUT2D eigenvalue weighted by Gasteiger charge is 2.20. The number of carbonyl (C=O) groups excluding carboxylic acids is 1. The SMILES string of the molecule is COc1ccccc1-c1nnc(SCC(=O)Nc2cccc3nsnc23)n1-c1ccccc1. The molecule has 5 aromatic rings. The number of ether oxygens (including phenoxy) is 1. The number of aromatic nitrogens is 5. The molecule has 0 fully saturated rings. The number of rotatable bonds is 7. The largest absolute Gasteiger partial charge is 0.496 e. The first-order chi connectivity index (χ1) is 16.2. The molecule has 0 saturated carbocycles. The third kappa shape index (κ3) is 4.30. The van der Waals surface area contributed by atoms with Gasteiger partial charge in [-0.3, -0.25) is 9.36 Å². The first-order valence-electron chi connectivity index (χ1n) is 10.0. The number of methoxy groups -OCH3 is 1. The first-order valence-corrected chi connectivity index (χ1v) is 11.7. The van der Waals surface area contributed by atoms with Crippen molar-refractivity contribution < 1.29 is 9.53 Å². The van der Waals surface area contributed by atoms with Crippen molar-refractivity contribution in [2.75, 3.05) is 18.2 Å². The second-order valence-electron chi connectivity index (χ2n) is 6.95. The Bertz CT molecular complexity index is 1420. The van der Waals surface area contributed by atoms with E-state index in [1.807, 2.05) is 77.4 Å². The summed E-state index contributed by atoms with van der Waals surface area (Å²) in [7, 11) is 1.63. The molecule has 0 spiro atoms. The van der Waals surface area contributed by atoms with Crippen LogP contribution in [0.5, 0.6) is 5.75 Å². The molecule has 1 N–H and O–H groups in total. The van der Waals surface area contributed by atoms with Crippen molar-refractivity contribution in [2.24, 2.45) is 0 Å². The summed E-state index contributed by atoms with van der Waals surface area (Å²) in [5, 5.41) is 12.3. The number of hydrogen-bond donors (Lipinski definition) is 1. The number of nitrogens with one attached hydrogen (secondary N) is 1. The summed E-state index contributed by atoms with van der Waals surface area (Å²) in [6, 6.07) is 23.0. The molecule has 3 aromatic carbocycles. The molecule has 1 amide bonds. The maximum absolute atomic E-state index is 12.7. The molecular weight excluding hydrogens is 456 g/mol. The molecule has 0 aliphatic carbocycles. The highest BCUT2D eigenvalue weighted by Crippen LogP contribution is 2.33. The fourth-order valence-electron chi connectivity index (χ4n) is 3.40. The molecule has 0 bridgehead atoms. The van der Waals surface area contributed by atoms with E-state index in [9.17, 15) is 4.79 Å². The average molecular weight is 475 g/mol. The molecule has 10 heteroatoms. The van der Waals surface area contributed by atoms with Crippen LogP contribution in [-0.2, 0) is 4.79 Å². The maximum atomic E-state index is 12.7. The Labute approximate surface area is 198 Å². The summed E-state index contributed by atoms with van der Waals surface area (Å²) in [4.78, 5) is 12.7. The van der Waals surface area contributed by atoms with E-state index in [2.05, 4.69) is 24.3 Å². The molecule has 0 saturated heterocycles. The monoisotopic (exact) mass is 474 g/mol. The minimum absolute atomic E-state index is 0.158. The molecule has 2 heterocycles. The predicted octanol–water partition coefficient (Wildman–Crippen LogP) is 4.68. The molecule has 5 rings (SSSR count). The Balaban J connectivity index is 1.43. The fourth-order valence-corrected chi connectivity index (χ4v) is 4.70. The van der Waals surface area contributed by atoms with E-state index in [4.69, 9.17) is 4.74 Å². The van der Waals surface area contributed by atoms with Crippen molar-refractivity contribution in [1.29, 1.82) is 0 Å². The molecule has 0 radical (unpaired) electrons. The van der Waals surface area contributed by atoms with Crippen LogP contribution in [0.2, 0.25) is 0 Å². The van der Waals surface area contributed by atoms with Gasteiger partial charge in [0.1, 0.15) is 16.8 Å². The standard InChI is InChI=1S/C23H18N6O2S2/c1-31-19-13-6-5-10-16(19)22-25-26-23(29(22)15-8-3-2-4-9-15)32-14-20(30)24-17-11-7-12-18-21(17)28-33-27-18/h2-13H,14H2,1H3,(H,24,30). The first kappa shape index (κ1) is 21.1. The quantitative estimate of drug-likeness (QED) is 0.342. The number of nitrogens with zero attached hydrogens (tertiary/aromatic N) is 5. The van der Waals surface area contributed by atoms with E-state index in [0.717, 1.165) is 28.5 Å². The number of amides is 1. The maximum Gasteiger partial charge on any atom is 0.234 e. The van der Waals surface area contributed by atoms with Crippen molar-refractivity contribution in [3.8, 4) is 22.8 Å². The molecule has 8 nitrogen and oxygen atoms in total. The summed E-state index contributed by atoms with van der Waals surface area (Å²) in [6.07, 6.45) is 0. The van der Waals surface area contributed by atoms with Crippen LogP contribution in [0.4, 0.5) is 5.69 Å². The van der Waals surface area contributed by atoms with Crippen molar-refractivity contribution in [3.05, 3.63) is 72.8 Å². The number of fused-ring (bicyclic) bond motifs is 1. The van der Waals surface area contributed by atoms with Gasteiger partial charge in [-0.05, 0) is 36.4 Å². The van der Waals surface area contributed by atoms with Crippen molar-refractivity contribution in [1.82, 2.24) is 23.5 Å². The zero-order valence-electron chi connectivity index (χ0n) is 17.5. The zero-order chi connectivity index (χ0) is 22.6. The second kappa shape index (κ2) is 9.39. The number of hydrogen-bond acceptors (Lipinski definition) is 8. The average Bonchev–Trinajstić information content (AvgIpc) is 3.51. The third-order valence-electron chi connectivity index (χ3n) is 4.89. The van der Waals surface area contributed by atoms with E-state index in [-0.39, 0.29) is 11.7 Å². The fraction of sp³-hybridized carbons (Fsp3) is 0.0870. The van der Waals surface area contributed by atoms with E-state index in [1.165, 1.54) is 11.8 Å². The number of anilines is 1. The highest BCUT2D eigenvalue weighted by molar-refractivity contribution is 7.99. The van der Waals surface area contributed by atoms with Crippen molar-refractivity contribution in [2.45, 2.75) is 5.16 Å². The Hall–Kier alpha value is -3.76. The van der Waals surface area contributed by atoms with Crippen LogP contribution in [0.15, 0.2) is 78.0 Å². The summed E-state index contributed by atoms with van der Waals surface area (Å²) in [5.74, 6) is 1.33. The van der Waals surface area contributed by atoms with Gasteiger partial charge in [-0.15, -0.1) is 10.2 Å². The molecule has 0 unspecified atom stereocenters. The second-order valence-corrected chi connectivity index (χ2v) is 8.42. The molecule has 0 aliphatic heterocycles. The van der Waals surface area contributed by atoms with E-state index in [1.54, 1.807) is 7.11 Å². The summed E-state index contributed by atoms with van der Waals surface area (Å²) in [6.45, 7) is 0. The molecule has 0 aliphatic rings. The van der Waals surface area contributed by atoms with E-state index >= 15 is 0 Å². The van der Waals surface area contributed by atoms with Gasteiger partial charge in [0.2, 0.25) is 5.91 Å². The van der Waals surface area contributed by atoms with Crippen LogP contribution in [-0.4, -0.2) is 42.3 Å². The lowest BCUT2D eigenvalue weighted by molar-refractivity contribution is -0.113. The van der Waals surface area contributed by atoms with E-state index < -0.39 is 0 Å². The van der Waals surface area contributed by atoms with Crippen LogP contribution in [0.1, 0.15) is 0 Å².